The summed E-state index contributed by atoms with van der Waals surface area (Å²) in [5, 5.41) is 0. The summed E-state index contributed by atoms with van der Waals surface area (Å²) in [6.45, 7) is 2.66. The fourth-order valence-corrected chi connectivity index (χ4v) is 0.780. The zero-order valence-corrected chi connectivity index (χ0v) is 8.18. The van der Waals surface area contributed by atoms with E-state index in [1.54, 1.807) is 0 Å². The number of ether oxygens (including phenoxy) is 1. The van der Waals surface area contributed by atoms with E-state index in [0.29, 0.717) is 0 Å². The second kappa shape index (κ2) is 8.58. The molecule has 0 atom stereocenters. The van der Waals surface area contributed by atoms with Gasteiger partial charge in [0.25, 0.3) is 0 Å². The first-order chi connectivity index (χ1) is 5.77. The van der Waals surface area contributed by atoms with Gasteiger partial charge in [0.05, 0.1) is 6.61 Å². The van der Waals surface area contributed by atoms with Gasteiger partial charge in [-0.05, 0) is 26.9 Å². The summed E-state index contributed by atoms with van der Waals surface area (Å²) in [5.74, 6) is 2.61. The van der Waals surface area contributed by atoms with E-state index in [0.717, 1.165) is 39.0 Å². The Labute approximate surface area is 75.9 Å². The van der Waals surface area contributed by atoms with Gasteiger partial charge >= 0.3 is 0 Å². The van der Waals surface area contributed by atoms with E-state index in [9.17, 15) is 0 Å². The largest absolute Gasteiger partial charge is 0.380 e. The fraction of sp³-hybridized carbons (Fsp3) is 0.800. The molecule has 0 aromatic heterocycles. The fourth-order valence-electron chi connectivity index (χ4n) is 0.780. The lowest BCUT2D eigenvalue weighted by atomic mass is 10.2. The van der Waals surface area contributed by atoms with Crippen LogP contribution in [0.5, 0.6) is 0 Å². The zero-order valence-electron chi connectivity index (χ0n) is 8.18. The van der Waals surface area contributed by atoms with Crippen LogP contribution in [0.25, 0.3) is 0 Å². The van der Waals surface area contributed by atoms with Crippen molar-refractivity contribution in [3.05, 3.63) is 0 Å². The third-order valence-electron chi connectivity index (χ3n) is 1.54. The number of hydrogen-bond acceptors (Lipinski definition) is 2. The molecule has 0 saturated carbocycles. The van der Waals surface area contributed by atoms with Gasteiger partial charge in [0.2, 0.25) is 0 Å². The first kappa shape index (κ1) is 11.5. The van der Waals surface area contributed by atoms with Crippen LogP contribution in [-0.2, 0) is 4.74 Å². The van der Waals surface area contributed by atoms with Gasteiger partial charge < -0.3 is 9.64 Å². The number of rotatable bonds is 7. The van der Waals surface area contributed by atoms with Crippen LogP contribution < -0.4 is 0 Å². The molecule has 0 fully saturated rings. The van der Waals surface area contributed by atoms with Crippen molar-refractivity contribution < 1.29 is 4.74 Å². The molecule has 0 spiro atoms. The molecule has 0 aliphatic carbocycles. The summed E-state index contributed by atoms with van der Waals surface area (Å²) in [7, 11) is 4.09. The van der Waals surface area contributed by atoms with E-state index in [1.165, 1.54) is 0 Å². The average Bonchev–Trinajstić information content (AvgIpc) is 2.02. The topological polar surface area (TPSA) is 12.5 Å². The SMILES string of the molecule is C#CCCCCOCCN(C)C. The van der Waals surface area contributed by atoms with Crippen molar-refractivity contribution in [3.8, 4) is 12.3 Å². The van der Waals surface area contributed by atoms with Gasteiger partial charge in [-0.25, -0.2) is 0 Å². The Morgan fingerprint density at radius 2 is 2.00 bits per heavy atom. The maximum Gasteiger partial charge on any atom is 0.0593 e. The first-order valence-corrected chi connectivity index (χ1v) is 4.43. The molecule has 0 aliphatic rings. The Morgan fingerprint density at radius 3 is 2.58 bits per heavy atom. The highest BCUT2D eigenvalue weighted by molar-refractivity contribution is 4.82. The van der Waals surface area contributed by atoms with Crippen molar-refractivity contribution in [2.75, 3.05) is 33.9 Å². The predicted octanol–water partition coefficient (Wildman–Crippen LogP) is 1.37. The van der Waals surface area contributed by atoms with Crippen molar-refractivity contribution in [1.29, 1.82) is 0 Å². The van der Waals surface area contributed by atoms with Crippen LogP contribution >= 0.6 is 0 Å². The maximum atomic E-state index is 5.38. The lowest BCUT2D eigenvalue weighted by Gasteiger charge is -2.09. The van der Waals surface area contributed by atoms with E-state index >= 15 is 0 Å². The third-order valence-corrected chi connectivity index (χ3v) is 1.54. The molecule has 0 bridgehead atoms. The van der Waals surface area contributed by atoms with Crippen molar-refractivity contribution in [1.82, 2.24) is 4.90 Å². The molecule has 0 unspecified atom stereocenters. The molecule has 2 nitrogen and oxygen atoms in total. The normalized spacial score (nSPS) is 10.2. The highest BCUT2D eigenvalue weighted by Crippen LogP contribution is 1.93. The second-order valence-corrected chi connectivity index (χ2v) is 3.08. The molecule has 12 heavy (non-hydrogen) atoms. The number of terminal acetylenes is 1. The Morgan fingerprint density at radius 1 is 1.25 bits per heavy atom. The monoisotopic (exact) mass is 169 g/mol. The van der Waals surface area contributed by atoms with Crippen molar-refractivity contribution in [2.45, 2.75) is 19.3 Å². The van der Waals surface area contributed by atoms with Crippen LogP contribution in [0.15, 0.2) is 0 Å². The first-order valence-electron chi connectivity index (χ1n) is 4.43. The number of nitrogens with zero attached hydrogens (tertiary/aromatic N) is 1. The molecular weight excluding hydrogens is 150 g/mol. The molecule has 0 rings (SSSR count). The van der Waals surface area contributed by atoms with E-state index < -0.39 is 0 Å². The van der Waals surface area contributed by atoms with Gasteiger partial charge in [0.15, 0.2) is 0 Å². The van der Waals surface area contributed by atoms with Crippen LogP contribution in [0.2, 0.25) is 0 Å². The Hall–Kier alpha value is -0.520. The highest BCUT2D eigenvalue weighted by Gasteiger charge is 1.90. The minimum absolute atomic E-state index is 0.822. The molecule has 0 amide bonds. The summed E-state index contributed by atoms with van der Waals surface area (Å²) in [4.78, 5) is 2.11. The summed E-state index contributed by atoms with van der Waals surface area (Å²) < 4.78 is 5.38. The standard InChI is InChI=1S/C10H19NO/c1-4-5-6-7-9-12-10-8-11(2)3/h1H,5-10H2,2-3H3. The summed E-state index contributed by atoms with van der Waals surface area (Å²) >= 11 is 0. The minimum atomic E-state index is 0.822. The Bertz CT molecular complexity index is 126. The summed E-state index contributed by atoms with van der Waals surface area (Å²) in [6.07, 6.45) is 8.15. The minimum Gasteiger partial charge on any atom is -0.380 e. The van der Waals surface area contributed by atoms with Crippen molar-refractivity contribution in [2.24, 2.45) is 0 Å². The van der Waals surface area contributed by atoms with Gasteiger partial charge in [0, 0.05) is 19.6 Å². The smallest absolute Gasteiger partial charge is 0.0593 e. The van der Waals surface area contributed by atoms with E-state index in [2.05, 4.69) is 10.8 Å². The molecule has 2 heteroatoms. The summed E-state index contributed by atoms with van der Waals surface area (Å²) in [6, 6.07) is 0. The van der Waals surface area contributed by atoms with Gasteiger partial charge in [-0.15, -0.1) is 12.3 Å². The van der Waals surface area contributed by atoms with Gasteiger partial charge in [-0.1, -0.05) is 0 Å². The average molecular weight is 169 g/mol. The molecule has 0 saturated heterocycles. The summed E-state index contributed by atoms with van der Waals surface area (Å²) in [5.41, 5.74) is 0. The van der Waals surface area contributed by atoms with Gasteiger partial charge in [-0.2, -0.15) is 0 Å². The van der Waals surface area contributed by atoms with E-state index in [4.69, 9.17) is 11.2 Å². The van der Waals surface area contributed by atoms with Crippen LogP contribution in [-0.4, -0.2) is 38.8 Å². The Kier molecular flexibility index (Phi) is 8.20. The molecule has 0 heterocycles. The van der Waals surface area contributed by atoms with Crippen LogP contribution in [0, 0.1) is 12.3 Å². The number of hydrogen-bond donors (Lipinski definition) is 0. The lowest BCUT2D eigenvalue weighted by molar-refractivity contribution is 0.114. The molecule has 0 aromatic carbocycles. The number of likely N-dealkylation sites (N-methyl/N-ethyl adjacent to an activating group) is 1. The van der Waals surface area contributed by atoms with Crippen LogP contribution in [0.4, 0.5) is 0 Å². The number of unbranched alkanes of at least 4 members (excludes halogenated alkanes) is 2. The molecule has 0 aliphatic heterocycles. The maximum absolute atomic E-state index is 5.38. The van der Waals surface area contributed by atoms with E-state index in [-0.39, 0.29) is 0 Å². The molecule has 0 radical (unpaired) electrons. The molecular formula is C10H19NO. The van der Waals surface area contributed by atoms with Crippen molar-refractivity contribution in [3.63, 3.8) is 0 Å². The third kappa shape index (κ3) is 9.48. The lowest BCUT2D eigenvalue weighted by Crippen LogP contribution is -2.18. The van der Waals surface area contributed by atoms with Crippen molar-refractivity contribution >= 4 is 0 Å². The molecule has 0 N–H and O–H groups in total. The highest BCUT2D eigenvalue weighted by atomic mass is 16.5. The predicted molar refractivity (Wildman–Crippen MR) is 52.1 cm³/mol. The van der Waals surface area contributed by atoms with Gasteiger partial charge in [0.1, 0.15) is 0 Å². The van der Waals surface area contributed by atoms with Gasteiger partial charge in [-0.3, -0.25) is 0 Å². The quantitative estimate of drug-likeness (QED) is 0.421. The van der Waals surface area contributed by atoms with Crippen LogP contribution in [0.1, 0.15) is 19.3 Å². The zero-order chi connectivity index (χ0) is 9.23. The molecule has 70 valence electrons. The molecule has 0 aromatic rings. The second-order valence-electron chi connectivity index (χ2n) is 3.08. The Balaban J connectivity index is 2.87. The van der Waals surface area contributed by atoms with E-state index in [1.807, 2.05) is 14.1 Å². The van der Waals surface area contributed by atoms with Crippen LogP contribution in [0.3, 0.4) is 0 Å².